The summed E-state index contributed by atoms with van der Waals surface area (Å²) in [5.41, 5.74) is 6.14. The minimum atomic E-state index is -0.848. The highest BCUT2D eigenvalue weighted by Crippen LogP contribution is 2.11. The van der Waals surface area contributed by atoms with Gasteiger partial charge in [0, 0.05) is 6.42 Å². The molecule has 1 aromatic carbocycles. The van der Waals surface area contributed by atoms with Crippen LogP contribution in [0, 0.1) is 12.8 Å². The molecule has 0 aliphatic carbocycles. The molecular weight excluding hydrogens is 332 g/mol. The highest BCUT2D eigenvalue weighted by molar-refractivity contribution is 5.98. The average Bonchev–Trinajstić information content (AvgIpc) is 2.57. The fraction of sp³-hybridized carbons (Fsp3) is 0.350. The number of carbonyl (C=O) groups excluding carboxylic acids is 2. The van der Waals surface area contributed by atoms with Gasteiger partial charge in [-0.15, -0.1) is 0 Å². The molecule has 1 aromatic heterocycles. The molecule has 26 heavy (non-hydrogen) atoms. The lowest BCUT2D eigenvalue weighted by molar-refractivity contribution is -0.120. The van der Waals surface area contributed by atoms with Crippen molar-refractivity contribution in [3.05, 3.63) is 69.3 Å². The Morgan fingerprint density at radius 1 is 1.15 bits per heavy atom. The summed E-state index contributed by atoms with van der Waals surface area (Å²) < 4.78 is 5.30. The van der Waals surface area contributed by atoms with Crippen molar-refractivity contribution in [1.29, 1.82) is 0 Å². The zero-order valence-corrected chi connectivity index (χ0v) is 15.2. The molecule has 6 nitrogen and oxygen atoms in total. The van der Waals surface area contributed by atoms with Crippen LogP contribution in [0.1, 0.15) is 41.1 Å². The Bertz CT molecular complexity index is 841. The van der Waals surface area contributed by atoms with Crippen molar-refractivity contribution >= 4 is 11.8 Å². The van der Waals surface area contributed by atoms with Crippen LogP contribution in [0.3, 0.4) is 0 Å². The van der Waals surface area contributed by atoms with Gasteiger partial charge in [0.05, 0.1) is 0 Å². The SMILES string of the molecule is Cc1cc(CCc2ccccc2)oc(=O)c1C(=O)N[C@H](C(N)=O)C(C)C. The largest absolute Gasteiger partial charge is 0.427 e. The molecule has 0 fully saturated rings. The molecule has 0 bridgehead atoms. The third-order valence-electron chi connectivity index (χ3n) is 4.19. The lowest BCUT2D eigenvalue weighted by atomic mass is 10.0. The van der Waals surface area contributed by atoms with E-state index in [1.54, 1.807) is 26.8 Å². The van der Waals surface area contributed by atoms with E-state index in [1.807, 2.05) is 30.3 Å². The number of benzene rings is 1. The van der Waals surface area contributed by atoms with E-state index >= 15 is 0 Å². The molecular formula is C20H24N2O4. The van der Waals surface area contributed by atoms with Crippen LogP contribution in [0.2, 0.25) is 0 Å². The Morgan fingerprint density at radius 2 is 1.81 bits per heavy atom. The van der Waals surface area contributed by atoms with Gasteiger partial charge in [-0.3, -0.25) is 9.59 Å². The van der Waals surface area contributed by atoms with Gasteiger partial charge in [-0.25, -0.2) is 4.79 Å². The summed E-state index contributed by atoms with van der Waals surface area (Å²) in [6.07, 6.45) is 1.28. The summed E-state index contributed by atoms with van der Waals surface area (Å²) in [6, 6.07) is 10.7. The van der Waals surface area contributed by atoms with Gasteiger partial charge in [0.25, 0.3) is 5.91 Å². The fourth-order valence-electron chi connectivity index (χ4n) is 2.76. The highest BCUT2D eigenvalue weighted by Gasteiger charge is 2.25. The van der Waals surface area contributed by atoms with Crippen LogP contribution in [0.25, 0.3) is 0 Å². The molecule has 0 spiro atoms. The molecule has 0 unspecified atom stereocenters. The lowest BCUT2D eigenvalue weighted by Crippen LogP contribution is -2.48. The molecule has 0 aliphatic rings. The molecule has 1 atom stereocenters. The van der Waals surface area contributed by atoms with E-state index in [9.17, 15) is 14.4 Å². The van der Waals surface area contributed by atoms with E-state index in [0.29, 0.717) is 17.7 Å². The maximum Gasteiger partial charge on any atom is 0.349 e. The summed E-state index contributed by atoms with van der Waals surface area (Å²) >= 11 is 0. The number of hydrogen-bond donors (Lipinski definition) is 2. The summed E-state index contributed by atoms with van der Waals surface area (Å²) in [6.45, 7) is 5.20. The number of nitrogens with one attached hydrogen (secondary N) is 1. The Kier molecular flexibility index (Phi) is 6.33. The molecule has 3 N–H and O–H groups in total. The quantitative estimate of drug-likeness (QED) is 0.792. The smallest absolute Gasteiger partial charge is 0.349 e. The Balaban J connectivity index is 2.17. The molecule has 6 heteroatoms. The van der Waals surface area contributed by atoms with Gasteiger partial charge in [-0.1, -0.05) is 44.2 Å². The van der Waals surface area contributed by atoms with Gasteiger partial charge in [-0.2, -0.15) is 0 Å². The minimum absolute atomic E-state index is 0.0969. The summed E-state index contributed by atoms with van der Waals surface area (Å²) in [7, 11) is 0. The zero-order chi connectivity index (χ0) is 19.3. The second-order valence-corrected chi connectivity index (χ2v) is 6.64. The fourth-order valence-corrected chi connectivity index (χ4v) is 2.76. The topological polar surface area (TPSA) is 102 Å². The molecule has 138 valence electrons. The van der Waals surface area contributed by atoms with Crippen molar-refractivity contribution in [3.8, 4) is 0 Å². The van der Waals surface area contributed by atoms with E-state index in [1.165, 1.54) is 0 Å². The van der Waals surface area contributed by atoms with Crippen molar-refractivity contribution in [2.75, 3.05) is 0 Å². The maximum atomic E-state index is 12.4. The molecule has 0 aliphatic heterocycles. The van der Waals surface area contributed by atoms with Gasteiger partial charge < -0.3 is 15.5 Å². The average molecular weight is 356 g/mol. The first-order chi connectivity index (χ1) is 12.3. The number of amides is 2. The van der Waals surface area contributed by atoms with E-state index in [4.69, 9.17) is 10.2 Å². The zero-order valence-electron chi connectivity index (χ0n) is 15.2. The van der Waals surface area contributed by atoms with Gasteiger partial charge in [0.1, 0.15) is 17.4 Å². The Morgan fingerprint density at radius 3 is 2.35 bits per heavy atom. The van der Waals surface area contributed by atoms with Crippen molar-refractivity contribution in [3.63, 3.8) is 0 Å². The predicted molar refractivity (Wildman–Crippen MR) is 98.9 cm³/mol. The summed E-state index contributed by atoms with van der Waals surface area (Å²) in [4.78, 5) is 36.2. The van der Waals surface area contributed by atoms with Crippen molar-refractivity contribution in [2.24, 2.45) is 11.7 Å². The monoisotopic (exact) mass is 356 g/mol. The second-order valence-electron chi connectivity index (χ2n) is 6.64. The van der Waals surface area contributed by atoms with E-state index in [-0.39, 0.29) is 11.5 Å². The Labute approximate surface area is 152 Å². The van der Waals surface area contributed by atoms with Gasteiger partial charge >= 0.3 is 5.63 Å². The standard InChI is InChI=1S/C20H24N2O4/c1-12(2)17(18(21)23)22-19(24)16-13(3)11-15(26-20(16)25)10-9-14-7-5-4-6-8-14/h4-8,11-12,17H,9-10H2,1-3H3,(H2,21,23)(H,22,24)/t17-/m0/s1. The van der Waals surface area contributed by atoms with Crippen LogP contribution in [0.5, 0.6) is 0 Å². The van der Waals surface area contributed by atoms with Crippen LogP contribution in [-0.4, -0.2) is 17.9 Å². The number of carbonyl (C=O) groups is 2. The third kappa shape index (κ3) is 4.81. The van der Waals surface area contributed by atoms with Crippen LogP contribution < -0.4 is 16.7 Å². The Hall–Kier alpha value is -2.89. The first-order valence-corrected chi connectivity index (χ1v) is 8.57. The minimum Gasteiger partial charge on any atom is -0.427 e. The van der Waals surface area contributed by atoms with Gasteiger partial charge in [0.15, 0.2) is 0 Å². The first-order valence-electron chi connectivity index (χ1n) is 8.57. The molecule has 2 rings (SSSR count). The molecule has 0 saturated carbocycles. The van der Waals surface area contributed by atoms with E-state index in [2.05, 4.69) is 5.32 Å². The number of aryl methyl sites for hydroxylation is 3. The number of primary amides is 1. The second kappa shape index (κ2) is 8.47. The lowest BCUT2D eigenvalue weighted by Gasteiger charge is -2.19. The third-order valence-corrected chi connectivity index (χ3v) is 4.19. The van der Waals surface area contributed by atoms with Gasteiger partial charge in [-0.05, 0) is 36.5 Å². The van der Waals surface area contributed by atoms with E-state index < -0.39 is 23.5 Å². The normalized spacial score (nSPS) is 12.0. The van der Waals surface area contributed by atoms with Crippen LogP contribution in [0.15, 0.2) is 45.6 Å². The molecule has 1 heterocycles. The van der Waals surface area contributed by atoms with E-state index in [0.717, 1.165) is 12.0 Å². The van der Waals surface area contributed by atoms with Crippen molar-refractivity contribution < 1.29 is 14.0 Å². The predicted octanol–water partition coefficient (Wildman–Crippen LogP) is 1.97. The maximum absolute atomic E-state index is 12.4. The number of rotatable bonds is 7. The van der Waals surface area contributed by atoms with Crippen LogP contribution >= 0.6 is 0 Å². The van der Waals surface area contributed by atoms with Crippen molar-refractivity contribution in [2.45, 2.75) is 39.7 Å². The molecule has 0 saturated heterocycles. The van der Waals surface area contributed by atoms with Crippen LogP contribution in [-0.2, 0) is 17.6 Å². The molecule has 0 radical (unpaired) electrons. The van der Waals surface area contributed by atoms with Crippen LogP contribution in [0.4, 0.5) is 0 Å². The number of hydrogen-bond acceptors (Lipinski definition) is 4. The number of nitrogens with two attached hydrogens (primary N) is 1. The van der Waals surface area contributed by atoms with Gasteiger partial charge in [0.2, 0.25) is 5.91 Å². The molecule has 2 amide bonds. The highest BCUT2D eigenvalue weighted by atomic mass is 16.4. The first kappa shape index (κ1) is 19.4. The summed E-state index contributed by atoms with van der Waals surface area (Å²) in [5, 5.41) is 2.52. The molecule has 2 aromatic rings. The summed E-state index contributed by atoms with van der Waals surface area (Å²) in [5.74, 6) is -0.963. The van der Waals surface area contributed by atoms with Crippen molar-refractivity contribution in [1.82, 2.24) is 5.32 Å².